The second-order valence-electron chi connectivity index (χ2n) is 6.41. The van der Waals surface area contributed by atoms with Gasteiger partial charge in [0.2, 0.25) is 0 Å². The van der Waals surface area contributed by atoms with Crippen LogP contribution in [0.5, 0.6) is 0 Å². The number of rotatable bonds is 1. The van der Waals surface area contributed by atoms with Crippen molar-refractivity contribution in [2.75, 3.05) is 5.32 Å². The van der Waals surface area contributed by atoms with E-state index in [1.165, 1.54) is 18.2 Å². The Morgan fingerprint density at radius 2 is 1.76 bits per heavy atom. The van der Waals surface area contributed by atoms with Crippen LogP contribution in [0.1, 0.15) is 35.1 Å². The van der Waals surface area contributed by atoms with E-state index >= 15 is 0 Å². The number of allylic oxidation sites excluding steroid dienone is 2. The highest BCUT2D eigenvalue weighted by Crippen LogP contribution is 2.52. The predicted octanol–water partition coefficient (Wildman–Crippen LogP) is 5.81. The summed E-state index contributed by atoms with van der Waals surface area (Å²) in [6, 6.07) is 6.63. The van der Waals surface area contributed by atoms with Crippen LogP contribution in [-0.4, -0.2) is 0 Å². The highest BCUT2D eigenvalue weighted by molar-refractivity contribution is 5.61. The largest absolute Gasteiger partial charge is 0.416 e. The maximum absolute atomic E-state index is 14.3. The molecule has 0 radical (unpaired) electrons. The summed E-state index contributed by atoms with van der Waals surface area (Å²) in [5, 5.41) is 2.91. The molecule has 130 valence electrons. The Kier molecular flexibility index (Phi) is 3.60. The van der Waals surface area contributed by atoms with E-state index in [1.54, 1.807) is 6.07 Å². The molecule has 0 aromatic heterocycles. The van der Waals surface area contributed by atoms with Gasteiger partial charge in [0.25, 0.3) is 0 Å². The fraction of sp³-hybridized carbons (Fsp3) is 0.263. The minimum Gasteiger partial charge on any atom is -0.375 e. The van der Waals surface area contributed by atoms with Gasteiger partial charge in [0.15, 0.2) is 0 Å². The molecule has 2 aromatic carbocycles. The third-order valence-corrected chi connectivity index (χ3v) is 4.99. The second kappa shape index (κ2) is 5.58. The lowest BCUT2D eigenvalue weighted by molar-refractivity contribution is -0.138. The van der Waals surface area contributed by atoms with Crippen LogP contribution in [0.3, 0.4) is 0 Å². The zero-order chi connectivity index (χ0) is 17.8. The second-order valence-corrected chi connectivity index (χ2v) is 6.41. The van der Waals surface area contributed by atoms with Crippen molar-refractivity contribution in [3.8, 4) is 0 Å². The number of hydrogen-bond acceptors (Lipinski definition) is 1. The molecule has 0 bridgehead atoms. The van der Waals surface area contributed by atoms with Crippen molar-refractivity contribution in [2.24, 2.45) is 5.92 Å². The molecule has 0 amide bonds. The molecule has 6 heteroatoms. The summed E-state index contributed by atoms with van der Waals surface area (Å²) < 4.78 is 68.1. The molecule has 2 aromatic rings. The third-order valence-electron chi connectivity index (χ3n) is 4.99. The van der Waals surface area contributed by atoms with Gasteiger partial charge in [-0.3, -0.25) is 0 Å². The molecule has 1 aliphatic carbocycles. The summed E-state index contributed by atoms with van der Waals surface area (Å²) in [6.07, 6.45) is -0.266. The number of hydrogen-bond donors (Lipinski definition) is 1. The molecule has 25 heavy (non-hydrogen) atoms. The number of halogens is 5. The van der Waals surface area contributed by atoms with Crippen LogP contribution in [0.15, 0.2) is 48.6 Å². The van der Waals surface area contributed by atoms with Gasteiger partial charge in [-0.2, -0.15) is 13.2 Å². The summed E-state index contributed by atoms with van der Waals surface area (Å²) in [5.41, 5.74) is -0.111. The first kappa shape index (κ1) is 16.1. The van der Waals surface area contributed by atoms with E-state index in [4.69, 9.17) is 0 Å². The number of nitrogens with one attached hydrogen (secondary N) is 1. The zero-order valence-corrected chi connectivity index (χ0v) is 12.9. The highest BCUT2D eigenvalue weighted by atomic mass is 19.4. The molecule has 2 aliphatic rings. The van der Waals surface area contributed by atoms with Crippen molar-refractivity contribution in [3.05, 3.63) is 76.9 Å². The number of benzene rings is 2. The maximum atomic E-state index is 14.3. The SMILES string of the molecule is Fc1cc(F)c2c(c1)[C@@H]1C=CC[C@@H]1[C@H](c1ccccc1C(F)(F)F)N2. The van der Waals surface area contributed by atoms with Crippen molar-refractivity contribution in [1.82, 2.24) is 0 Å². The molecular weight excluding hydrogens is 337 g/mol. The Hall–Kier alpha value is -2.37. The fourth-order valence-electron chi connectivity index (χ4n) is 3.96. The topological polar surface area (TPSA) is 12.0 Å². The molecule has 0 spiro atoms. The Balaban J connectivity index is 1.86. The normalized spacial score (nSPS) is 24.6. The van der Waals surface area contributed by atoms with Crippen LogP contribution in [-0.2, 0) is 6.18 Å². The lowest BCUT2D eigenvalue weighted by atomic mass is 9.76. The van der Waals surface area contributed by atoms with E-state index in [2.05, 4.69) is 5.32 Å². The van der Waals surface area contributed by atoms with Crippen LogP contribution in [0.4, 0.5) is 27.6 Å². The summed E-state index contributed by atoms with van der Waals surface area (Å²) in [7, 11) is 0. The Labute approximate surface area is 141 Å². The molecule has 1 nitrogen and oxygen atoms in total. The zero-order valence-electron chi connectivity index (χ0n) is 12.9. The molecule has 0 saturated carbocycles. The quantitative estimate of drug-likeness (QED) is 0.505. The molecule has 0 fully saturated rings. The summed E-state index contributed by atoms with van der Waals surface area (Å²) >= 11 is 0. The first-order valence-electron chi connectivity index (χ1n) is 7.94. The van der Waals surface area contributed by atoms with Crippen molar-refractivity contribution < 1.29 is 22.0 Å². The minimum absolute atomic E-state index is 0.0798. The van der Waals surface area contributed by atoms with Gasteiger partial charge in [-0.25, -0.2) is 8.78 Å². The first-order valence-corrected chi connectivity index (χ1v) is 7.94. The van der Waals surface area contributed by atoms with Gasteiger partial charge in [0.1, 0.15) is 11.6 Å². The van der Waals surface area contributed by atoms with Gasteiger partial charge in [0.05, 0.1) is 17.3 Å². The lowest BCUT2D eigenvalue weighted by Gasteiger charge is -2.38. The van der Waals surface area contributed by atoms with E-state index in [-0.39, 0.29) is 23.1 Å². The van der Waals surface area contributed by atoms with E-state index in [9.17, 15) is 22.0 Å². The van der Waals surface area contributed by atoms with Crippen LogP contribution in [0.25, 0.3) is 0 Å². The number of fused-ring (bicyclic) bond motifs is 3. The summed E-state index contributed by atoms with van der Waals surface area (Å²) in [6.45, 7) is 0. The fourth-order valence-corrected chi connectivity index (χ4v) is 3.96. The minimum atomic E-state index is -4.50. The number of anilines is 1. The van der Waals surface area contributed by atoms with Gasteiger partial charge in [-0.1, -0.05) is 30.4 Å². The molecule has 1 N–H and O–H groups in total. The first-order chi connectivity index (χ1) is 11.9. The van der Waals surface area contributed by atoms with Gasteiger partial charge in [-0.15, -0.1) is 0 Å². The van der Waals surface area contributed by atoms with Crippen molar-refractivity contribution >= 4 is 5.69 Å². The average Bonchev–Trinajstić information content (AvgIpc) is 3.03. The van der Waals surface area contributed by atoms with E-state index < -0.39 is 29.4 Å². The van der Waals surface area contributed by atoms with Gasteiger partial charge < -0.3 is 5.32 Å². The molecule has 1 heterocycles. The number of alkyl halides is 3. The summed E-state index contributed by atoms with van der Waals surface area (Å²) in [4.78, 5) is 0. The van der Waals surface area contributed by atoms with E-state index in [0.29, 0.717) is 12.0 Å². The third kappa shape index (κ3) is 2.60. The highest BCUT2D eigenvalue weighted by Gasteiger charge is 2.43. The molecule has 0 unspecified atom stereocenters. The lowest BCUT2D eigenvalue weighted by Crippen LogP contribution is -2.31. The molecule has 4 rings (SSSR count). The molecular formula is C19H14F5N. The molecule has 1 aliphatic heterocycles. The van der Waals surface area contributed by atoms with Crippen molar-refractivity contribution in [2.45, 2.75) is 24.6 Å². The van der Waals surface area contributed by atoms with Gasteiger partial charge >= 0.3 is 6.18 Å². The van der Waals surface area contributed by atoms with Crippen molar-refractivity contribution in [3.63, 3.8) is 0 Å². The van der Waals surface area contributed by atoms with Crippen LogP contribution in [0, 0.1) is 17.6 Å². The standard InChI is InChI=1S/C19H14F5N/c20-10-8-14-11-5-3-6-12(11)17(25-18(14)16(21)9-10)13-4-1-2-7-15(13)19(22,23)24/h1-5,7-9,11-12,17,25H,6H2/t11-,12+,17-/m1/s1. The van der Waals surface area contributed by atoms with Crippen LogP contribution >= 0.6 is 0 Å². The average molecular weight is 351 g/mol. The Bertz CT molecular complexity index is 855. The van der Waals surface area contributed by atoms with Crippen molar-refractivity contribution in [1.29, 1.82) is 0 Å². The van der Waals surface area contributed by atoms with Crippen LogP contribution < -0.4 is 5.32 Å². The Morgan fingerprint density at radius 1 is 1.00 bits per heavy atom. The Morgan fingerprint density at radius 3 is 2.52 bits per heavy atom. The maximum Gasteiger partial charge on any atom is 0.416 e. The van der Waals surface area contributed by atoms with Crippen LogP contribution in [0.2, 0.25) is 0 Å². The molecule has 0 saturated heterocycles. The van der Waals surface area contributed by atoms with Gasteiger partial charge in [0, 0.05) is 12.0 Å². The smallest absolute Gasteiger partial charge is 0.375 e. The van der Waals surface area contributed by atoms with E-state index in [0.717, 1.165) is 12.1 Å². The molecule has 3 atom stereocenters. The predicted molar refractivity (Wildman–Crippen MR) is 84.2 cm³/mol. The van der Waals surface area contributed by atoms with E-state index in [1.807, 2.05) is 12.2 Å². The van der Waals surface area contributed by atoms with Gasteiger partial charge in [-0.05, 0) is 35.6 Å². The monoisotopic (exact) mass is 351 g/mol. The summed E-state index contributed by atoms with van der Waals surface area (Å²) in [5.74, 6) is -2.01.